The van der Waals surface area contributed by atoms with Crippen LogP contribution in [0, 0.1) is 0 Å². The predicted octanol–water partition coefficient (Wildman–Crippen LogP) is 1.30. The van der Waals surface area contributed by atoms with E-state index in [-0.39, 0.29) is 6.54 Å². The molecule has 0 aromatic heterocycles. The summed E-state index contributed by atoms with van der Waals surface area (Å²) in [7, 11) is -3.24. The summed E-state index contributed by atoms with van der Waals surface area (Å²) in [5, 5.41) is -0.507. The minimum absolute atomic E-state index is 0.166. The Morgan fingerprint density at radius 1 is 1.31 bits per heavy atom. The van der Waals surface area contributed by atoms with E-state index in [0.717, 1.165) is 19.3 Å². The van der Waals surface area contributed by atoms with Gasteiger partial charge in [0.05, 0.1) is 10.1 Å². The Morgan fingerprint density at radius 3 is 2.69 bits per heavy atom. The topological polar surface area (TPSA) is 60.2 Å². The van der Waals surface area contributed by atoms with Crippen LogP contribution in [0.4, 0.5) is 0 Å². The van der Waals surface area contributed by atoms with Crippen LogP contribution in [0.3, 0.4) is 0 Å². The molecule has 1 aliphatic carbocycles. The molecule has 1 aliphatic rings. The van der Waals surface area contributed by atoms with Crippen molar-refractivity contribution in [3.8, 4) is 0 Å². The van der Waals surface area contributed by atoms with Crippen molar-refractivity contribution in [2.75, 3.05) is 6.54 Å². The van der Waals surface area contributed by atoms with Crippen LogP contribution in [0.5, 0.6) is 0 Å². The van der Waals surface area contributed by atoms with Gasteiger partial charge in [0.25, 0.3) is 0 Å². The van der Waals surface area contributed by atoms with Gasteiger partial charge in [-0.25, -0.2) is 8.42 Å². The van der Waals surface area contributed by atoms with Gasteiger partial charge in [-0.05, 0) is 49.4 Å². The van der Waals surface area contributed by atoms with Crippen LogP contribution in [-0.4, -0.2) is 20.2 Å². The van der Waals surface area contributed by atoms with E-state index in [4.69, 9.17) is 5.73 Å². The summed E-state index contributed by atoms with van der Waals surface area (Å²) in [5.41, 5.74) is 7.91. The van der Waals surface area contributed by atoms with Gasteiger partial charge in [-0.3, -0.25) is 0 Å². The molecule has 0 heterocycles. The summed E-state index contributed by atoms with van der Waals surface area (Å²) >= 11 is 0. The summed E-state index contributed by atoms with van der Waals surface area (Å²) in [6.45, 7) is 1.82. The molecule has 2 rings (SSSR count). The highest BCUT2D eigenvalue weighted by molar-refractivity contribution is 7.92. The Balaban J connectivity index is 2.42. The van der Waals surface area contributed by atoms with Crippen molar-refractivity contribution in [3.63, 3.8) is 0 Å². The molecular weight excluding hydrogens is 222 g/mol. The molecule has 4 heteroatoms. The number of aryl methyl sites for hydroxylation is 2. The first kappa shape index (κ1) is 11.6. The minimum Gasteiger partial charge on any atom is -0.329 e. The average molecular weight is 239 g/mol. The molecule has 0 fully saturated rings. The van der Waals surface area contributed by atoms with Gasteiger partial charge in [0.15, 0.2) is 9.84 Å². The maximum atomic E-state index is 12.1. The van der Waals surface area contributed by atoms with E-state index in [0.29, 0.717) is 4.90 Å². The normalized spacial score (nSPS) is 17.1. The summed E-state index contributed by atoms with van der Waals surface area (Å²) in [5.74, 6) is 0. The van der Waals surface area contributed by atoms with Gasteiger partial charge in [0.2, 0.25) is 0 Å². The summed E-state index contributed by atoms with van der Waals surface area (Å²) < 4.78 is 24.2. The SMILES string of the molecule is CC(CN)S(=O)(=O)c1ccc2c(c1)CCC2. The second-order valence-electron chi connectivity index (χ2n) is 4.38. The van der Waals surface area contributed by atoms with Crippen molar-refractivity contribution in [1.29, 1.82) is 0 Å². The molecule has 0 spiro atoms. The van der Waals surface area contributed by atoms with Crippen LogP contribution in [0.1, 0.15) is 24.5 Å². The van der Waals surface area contributed by atoms with E-state index in [1.54, 1.807) is 13.0 Å². The lowest BCUT2D eigenvalue weighted by atomic mass is 10.1. The maximum absolute atomic E-state index is 12.1. The molecule has 16 heavy (non-hydrogen) atoms. The van der Waals surface area contributed by atoms with Gasteiger partial charge in [-0.1, -0.05) is 6.07 Å². The zero-order valence-electron chi connectivity index (χ0n) is 9.44. The lowest BCUT2D eigenvalue weighted by Gasteiger charge is -2.11. The third-order valence-corrected chi connectivity index (χ3v) is 5.42. The molecule has 1 unspecified atom stereocenters. The standard InChI is InChI=1S/C12H17NO2S/c1-9(8-13)16(14,15)12-6-5-10-3-2-4-11(10)7-12/h5-7,9H,2-4,8,13H2,1H3. The van der Waals surface area contributed by atoms with Crippen LogP contribution in [0.25, 0.3) is 0 Å². The summed E-state index contributed by atoms with van der Waals surface area (Å²) in [6.07, 6.45) is 3.20. The largest absolute Gasteiger partial charge is 0.329 e. The zero-order chi connectivity index (χ0) is 11.8. The average Bonchev–Trinajstić information content (AvgIpc) is 2.74. The van der Waals surface area contributed by atoms with Crippen LogP contribution in [0.2, 0.25) is 0 Å². The van der Waals surface area contributed by atoms with Crippen molar-refractivity contribution < 1.29 is 8.42 Å². The molecule has 0 amide bonds. The number of hydrogen-bond acceptors (Lipinski definition) is 3. The Kier molecular flexibility index (Phi) is 3.04. The Bertz CT molecular complexity index is 494. The first-order chi connectivity index (χ1) is 7.55. The number of hydrogen-bond donors (Lipinski definition) is 1. The molecule has 0 bridgehead atoms. The van der Waals surface area contributed by atoms with Crippen LogP contribution >= 0.6 is 0 Å². The van der Waals surface area contributed by atoms with Crippen molar-refractivity contribution in [2.45, 2.75) is 36.3 Å². The van der Waals surface area contributed by atoms with Gasteiger partial charge in [-0.15, -0.1) is 0 Å². The number of sulfone groups is 1. The van der Waals surface area contributed by atoms with Crippen LogP contribution in [-0.2, 0) is 22.7 Å². The van der Waals surface area contributed by atoms with E-state index in [9.17, 15) is 8.42 Å². The predicted molar refractivity (Wildman–Crippen MR) is 64.2 cm³/mol. The van der Waals surface area contributed by atoms with E-state index in [1.165, 1.54) is 11.1 Å². The van der Waals surface area contributed by atoms with Crippen molar-refractivity contribution in [3.05, 3.63) is 29.3 Å². The molecule has 2 N–H and O–H groups in total. The van der Waals surface area contributed by atoms with Gasteiger partial charge in [-0.2, -0.15) is 0 Å². The monoisotopic (exact) mass is 239 g/mol. The molecule has 0 saturated carbocycles. The Hall–Kier alpha value is -0.870. The Labute approximate surface area is 96.6 Å². The van der Waals surface area contributed by atoms with Crippen molar-refractivity contribution >= 4 is 9.84 Å². The third-order valence-electron chi connectivity index (χ3n) is 3.26. The quantitative estimate of drug-likeness (QED) is 0.864. The first-order valence-electron chi connectivity index (χ1n) is 5.61. The molecule has 0 radical (unpaired) electrons. The van der Waals surface area contributed by atoms with Crippen LogP contribution < -0.4 is 5.73 Å². The molecule has 1 aromatic rings. The highest BCUT2D eigenvalue weighted by Gasteiger charge is 2.23. The fourth-order valence-corrected chi connectivity index (χ4v) is 3.37. The fourth-order valence-electron chi connectivity index (χ4n) is 2.08. The van der Waals surface area contributed by atoms with E-state index < -0.39 is 15.1 Å². The molecule has 1 atom stereocenters. The van der Waals surface area contributed by atoms with Crippen molar-refractivity contribution in [2.24, 2.45) is 5.73 Å². The van der Waals surface area contributed by atoms with Gasteiger partial charge >= 0.3 is 0 Å². The summed E-state index contributed by atoms with van der Waals surface area (Å²) in [6, 6.07) is 5.48. The molecule has 0 saturated heterocycles. The number of rotatable bonds is 3. The first-order valence-corrected chi connectivity index (χ1v) is 7.16. The zero-order valence-corrected chi connectivity index (χ0v) is 10.3. The molecule has 1 aromatic carbocycles. The van der Waals surface area contributed by atoms with Gasteiger partial charge < -0.3 is 5.73 Å². The van der Waals surface area contributed by atoms with E-state index in [1.807, 2.05) is 12.1 Å². The smallest absolute Gasteiger partial charge is 0.182 e. The second-order valence-corrected chi connectivity index (χ2v) is 6.74. The number of nitrogens with two attached hydrogens (primary N) is 1. The fraction of sp³-hybridized carbons (Fsp3) is 0.500. The van der Waals surface area contributed by atoms with E-state index >= 15 is 0 Å². The lowest BCUT2D eigenvalue weighted by Crippen LogP contribution is -2.26. The highest BCUT2D eigenvalue weighted by Crippen LogP contribution is 2.26. The minimum atomic E-state index is -3.24. The molecular formula is C12H17NO2S. The third kappa shape index (κ3) is 1.87. The molecule has 0 aliphatic heterocycles. The Morgan fingerprint density at radius 2 is 2.00 bits per heavy atom. The van der Waals surface area contributed by atoms with E-state index in [2.05, 4.69) is 0 Å². The number of benzene rings is 1. The molecule has 88 valence electrons. The second kappa shape index (κ2) is 4.18. The molecule has 3 nitrogen and oxygen atoms in total. The van der Waals surface area contributed by atoms with Gasteiger partial charge in [0.1, 0.15) is 0 Å². The lowest BCUT2D eigenvalue weighted by molar-refractivity contribution is 0.584. The maximum Gasteiger partial charge on any atom is 0.182 e. The van der Waals surface area contributed by atoms with Gasteiger partial charge in [0, 0.05) is 6.54 Å². The van der Waals surface area contributed by atoms with Crippen LogP contribution in [0.15, 0.2) is 23.1 Å². The summed E-state index contributed by atoms with van der Waals surface area (Å²) in [4.78, 5) is 0.422. The number of fused-ring (bicyclic) bond motifs is 1. The van der Waals surface area contributed by atoms with Crippen molar-refractivity contribution in [1.82, 2.24) is 0 Å². The highest BCUT2D eigenvalue weighted by atomic mass is 32.2.